The number of fused-ring (bicyclic) bond motifs is 1. The largest absolute Gasteiger partial charge is 0.366 e. The van der Waals surface area contributed by atoms with E-state index in [0.29, 0.717) is 25.9 Å². The topological polar surface area (TPSA) is 49.9 Å². The zero-order chi connectivity index (χ0) is 17.1. The van der Waals surface area contributed by atoms with Crippen molar-refractivity contribution in [3.63, 3.8) is 0 Å². The molecule has 24 heavy (non-hydrogen) atoms. The van der Waals surface area contributed by atoms with Crippen molar-refractivity contribution in [1.82, 2.24) is 9.80 Å². The van der Waals surface area contributed by atoms with Crippen molar-refractivity contribution in [1.29, 1.82) is 0 Å². The van der Waals surface area contributed by atoms with E-state index in [1.807, 2.05) is 18.0 Å². The fourth-order valence-electron chi connectivity index (χ4n) is 3.52. The minimum Gasteiger partial charge on any atom is -0.366 e. The summed E-state index contributed by atoms with van der Waals surface area (Å²) in [5, 5.41) is 0. The average Bonchev–Trinajstić information content (AvgIpc) is 2.79. The number of nitrogens with zero attached hydrogens (tertiary/aromatic N) is 2. The third-order valence-electron chi connectivity index (χ3n) is 4.99. The third kappa shape index (κ3) is 3.75. The lowest BCUT2D eigenvalue weighted by atomic mass is 10.0. The van der Waals surface area contributed by atoms with Crippen molar-refractivity contribution in [3.05, 3.63) is 35.6 Å². The lowest BCUT2D eigenvalue weighted by Gasteiger charge is -2.37. The van der Waals surface area contributed by atoms with Crippen molar-refractivity contribution in [2.24, 2.45) is 0 Å². The predicted octanol–water partition coefficient (Wildman–Crippen LogP) is 1.61. The van der Waals surface area contributed by atoms with Crippen LogP contribution in [0.5, 0.6) is 0 Å². The number of aryl methyl sites for hydroxylation is 1. The number of hydrogen-bond donors (Lipinski definition) is 0. The highest BCUT2D eigenvalue weighted by atomic mass is 19.1. The second-order valence-corrected chi connectivity index (χ2v) is 6.51. The molecule has 2 amide bonds. The molecule has 0 unspecified atom stereocenters. The first-order chi connectivity index (χ1) is 11.5. The maximum atomic E-state index is 13.2. The first-order valence-electron chi connectivity index (χ1n) is 8.44. The molecular weight excluding hydrogens is 311 g/mol. The highest BCUT2D eigenvalue weighted by Gasteiger charge is 2.36. The van der Waals surface area contributed by atoms with Gasteiger partial charge in [-0.25, -0.2) is 4.39 Å². The minimum absolute atomic E-state index is 0.00197. The number of likely N-dealkylation sites (N-methyl/N-ethyl adjacent to an activating group) is 1. The molecule has 2 aliphatic heterocycles. The molecule has 6 heteroatoms. The summed E-state index contributed by atoms with van der Waals surface area (Å²) in [5.41, 5.74) is 0.834. The van der Waals surface area contributed by atoms with Gasteiger partial charge in [-0.2, -0.15) is 0 Å². The summed E-state index contributed by atoms with van der Waals surface area (Å²) in [7, 11) is 1.81. The molecule has 1 aromatic carbocycles. The number of halogens is 1. The molecule has 2 aliphatic rings. The fraction of sp³-hybridized carbons (Fsp3) is 0.556. The zero-order valence-electron chi connectivity index (χ0n) is 13.9. The van der Waals surface area contributed by atoms with Gasteiger partial charge in [-0.05, 0) is 37.0 Å². The fourth-order valence-corrected chi connectivity index (χ4v) is 3.52. The summed E-state index contributed by atoms with van der Waals surface area (Å²) in [6.07, 6.45) is 2.39. The van der Waals surface area contributed by atoms with E-state index in [9.17, 15) is 14.0 Å². The maximum Gasteiger partial charge on any atom is 0.248 e. The third-order valence-corrected chi connectivity index (χ3v) is 4.99. The van der Waals surface area contributed by atoms with E-state index in [2.05, 4.69) is 0 Å². The van der Waals surface area contributed by atoms with Crippen LogP contribution in [0.15, 0.2) is 24.3 Å². The van der Waals surface area contributed by atoms with Crippen LogP contribution >= 0.6 is 0 Å². The number of likely N-dealkylation sites (tertiary alicyclic amines) is 1. The average molecular weight is 334 g/mol. The molecule has 3 rings (SSSR count). The van der Waals surface area contributed by atoms with E-state index in [-0.39, 0.29) is 36.4 Å². The molecule has 2 saturated heterocycles. The van der Waals surface area contributed by atoms with E-state index >= 15 is 0 Å². The second-order valence-electron chi connectivity index (χ2n) is 6.51. The van der Waals surface area contributed by atoms with Gasteiger partial charge in [0.15, 0.2) is 0 Å². The van der Waals surface area contributed by atoms with Gasteiger partial charge >= 0.3 is 0 Å². The number of carbonyl (C=O) groups excluding carboxylic acids is 2. The van der Waals surface area contributed by atoms with Crippen LogP contribution in [-0.2, 0) is 20.7 Å². The Labute approximate surface area is 141 Å². The Morgan fingerprint density at radius 3 is 2.92 bits per heavy atom. The molecule has 0 aliphatic carbocycles. The number of amides is 2. The predicted molar refractivity (Wildman–Crippen MR) is 86.8 cm³/mol. The molecule has 0 aromatic heterocycles. The smallest absolute Gasteiger partial charge is 0.248 e. The maximum absolute atomic E-state index is 13.2. The van der Waals surface area contributed by atoms with Gasteiger partial charge in [0.2, 0.25) is 11.8 Å². The van der Waals surface area contributed by atoms with Gasteiger partial charge in [-0.3, -0.25) is 9.59 Å². The highest BCUT2D eigenvalue weighted by Crippen LogP contribution is 2.23. The van der Waals surface area contributed by atoms with Crippen LogP contribution in [0, 0.1) is 5.82 Å². The first kappa shape index (κ1) is 16.9. The Balaban J connectivity index is 1.55. The normalized spacial score (nSPS) is 24.5. The summed E-state index contributed by atoms with van der Waals surface area (Å²) in [5.74, 6) is -0.197. The molecule has 1 aromatic rings. The molecule has 0 N–H and O–H groups in total. The van der Waals surface area contributed by atoms with Crippen LogP contribution < -0.4 is 0 Å². The number of benzene rings is 1. The van der Waals surface area contributed by atoms with Gasteiger partial charge in [0.05, 0.1) is 12.1 Å². The van der Waals surface area contributed by atoms with Crippen LogP contribution in [0.3, 0.4) is 0 Å². The van der Waals surface area contributed by atoms with Crippen molar-refractivity contribution >= 4 is 11.8 Å². The lowest BCUT2D eigenvalue weighted by molar-refractivity contribution is -0.154. The second kappa shape index (κ2) is 7.30. The summed E-state index contributed by atoms with van der Waals surface area (Å²) >= 11 is 0. The highest BCUT2D eigenvalue weighted by molar-refractivity contribution is 5.78. The van der Waals surface area contributed by atoms with E-state index in [1.165, 1.54) is 12.1 Å². The lowest BCUT2D eigenvalue weighted by Crippen LogP contribution is -2.52. The van der Waals surface area contributed by atoms with Crippen LogP contribution in [0.2, 0.25) is 0 Å². The van der Waals surface area contributed by atoms with Crippen LogP contribution in [0.25, 0.3) is 0 Å². The number of ether oxygens (including phenoxy) is 1. The molecule has 0 spiro atoms. The molecule has 130 valence electrons. The summed E-state index contributed by atoms with van der Waals surface area (Å²) < 4.78 is 18.8. The van der Waals surface area contributed by atoms with Gasteiger partial charge in [-0.15, -0.1) is 0 Å². The van der Waals surface area contributed by atoms with E-state index in [1.54, 1.807) is 11.0 Å². The molecule has 0 bridgehead atoms. The monoisotopic (exact) mass is 334 g/mol. The van der Waals surface area contributed by atoms with Gasteiger partial charge < -0.3 is 14.5 Å². The molecule has 2 fully saturated rings. The molecule has 2 heterocycles. The Bertz CT molecular complexity index is 622. The molecular formula is C18H23FN2O3. The van der Waals surface area contributed by atoms with Crippen molar-refractivity contribution in [2.45, 2.75) is 37.8 Å². The van der Waals surface area contributed by atoms with E-state index < -0.39 is 0 Å². The van der Waals surface area contributed by atoms with Crippen LogP contribution in [0.1, 0.15) is 24.8 Å². The van der Waals surface area contributed by atoms with Crippen LogP contribution in [0.4, 0.5) is 4.39 Å². The van der Waals surface area contributed by atoms with E-state index in [4.69, 9.17) is 4.74 Å². The molecule has 5 nitrogen and oxygen atoms in total. The van der Waals surface area contributed by atoms with Crippen molar-refractivity contribution in [3.8, 4) is 0 Å². The Morgan fingerprint density at radius 1 is 1.33 bits per heavy atom. The quantitative estimate of drug-likeness (QED) is 0.844. The standard InChI is InChI=1S/C18H23FN2O3/c1-20-15-7-9-21(10-8-16(15)24-12-18(20)23)17(22)6-5-13-3-2-4-14(19)11-13/h2-4,11,15-16H,5-10,12H2,1H3/t15-,16-/m0/s1. The number of rotatable bonds is 3. The van der Waals surface area contributed by atoms with Crippen molar-refractivity contribution in [2.75, 3.05) is 26.7 Å². The molecule has 2 atom stereocenters. The molecule has 0 radical (unpaired) electrons. The van der Waals surface area contributed by atoms with Crippen molar-refractivity contribution < 1.29 is 18.7 Å². The van der Waals surface area contributed by atoms with Gasteiger partial charge in [-0.1, -0.05) is 12.1 Å². The van der Waals surface area contributed by atoms with Gasteiger partial charge in [0.25, 0.3) is 0 Å². The number of carbonyl (C=O) groups is 2. The first-order valence-corrected chi connectivity index (χ1v) is 8.44. The number of hydrogen-bond acceptors (Lipinski definition) is 3. The summed E-state index contributed by atoms with van der Waals surface area (Å²) in [6.45, 7) is 1.40. The zero-order valence-corrected chi connectivity index (χ0v) is 13.9. The van der Waals surface area contributed by atoms with Crippen LogP contribution in [-0.4, -0.2) is 60.5 Å². The Morgan fingerprint density at radius 2 is 2.12 bits per heavy atom. The van der Waals surface area contributed by atoms with Gasteiger partial charge in [0.1, 0.15) is 12.4 Å². The Hall–Kier alpha value is -1.95. The summed E-state index contributed by atoms with van der Waals surface area (Å²) in [6, 6.07) is 6.42. The summed E-state index contributed by atoms with van der Waals surface area (Å²) in [4.78, 5) is 27.8. The van der Waals surface area contributed by atoms with Gasteiger partial charge in [0, 0.05) is 26.6 Å². The minimum atomic E-state index is -0.274. The Kier molecular flexibility index (Phi) is 5.14. The van der Waals surface area contributed by atoms with E-state index in [0.717, 1.165) is 18.4 Å². The SMILES string of the molecule is CN1C(=O)CO[C@H]2CCN(C(=O)CCc3cccc(F)c3)CC[C@@H]21. The number of morpholine rings is 1. The molecule has 0 saturated carbocycles.